The summed E-state index contributed by atoms with van der Waals surface area (Å²) >= 11 is 0. The van der Waals surface area contributed by atoms with Crippen molar-refractivity contribution in [2.24, 2.45) is 5.73 Å². The van der Waals surface area contributed by atoms with Gasteiger partial charge in [-0.2, -0.15) is 0 Å². The van der Waals surface area contributed by atoms with E-state index in [1.807, 2.05) is 6.92 Å². The summed E-state index contributed by atoms with van der Waals surface area (Å²) in [5, 5.41) is 2.86. The van der Waals surface area contributed by atoms with Crippen LogP contribution in [0.15, 0.2) is 0 Å². The molecule has 5 nitrogen and oxygen atoms in total. The third-order valence-electron chi connectivity index (χ3n) is 2.54. The highest BCUT2D eigenvalue weighted by Gasteiger charge is 2.23. The van der Waals surface area contributed by atoms with E-state index in [9.17, 15) is 4.79 Å². The van der Waals surface area contributed by atoms with Gasteiger partial charge in [0, 0.05) is 25.7 Å². The number of morpholine rings is 1. The van der Waals surface area contributed by atoms with Crippen molar-refractivity contribution in [1.82, 2.24) is 10.2 Å². The molecule has 3 N–H and O–H groups in total. The number of nitrogens with zero attached hydrogens (tertiary/aromatic N) is 1. The number of hydrogen-bond donors (Lipinski definition) is 2. The minimum atomic E-state index is 0.0807. The van der Waals surface area contributed by atoms with Gasteiger partial charge < -0.3 is 15.8 Å². The molecule has 1 saturated heterocycles. The fourth-order valence-corrected chi connectivity index (χ4v) is 1.62. The second kappa shape index (κ2) is 6.76. The molecule has 1 aliphatic heterocycles. The topological polar surface area (TPSA) is 67.6 Å². The Morgan fingerprint density at radius 3 is 3.13 bits per heavy atom. The fraction of sp³-hybridized carbons (Fsp3) is 0.900. The fourth-order valence-electron chi connectivity index (χ4n) is 1.62. The van der Waals surface area contributed by atoms with E-state index in [-0.39, 0.29) is 11.9 Å². The zero-order valence-electron chi connectivity index (χ0n) is 9.37. The van der Waals surface area contributed by atoms with E-state index in [4.69, 9.17) is 10.5 Å². The summed E-state index contributed by atoms with van der Waals surface area (Å²) < 4.78 is 5.31. The SMILES string of the molecule is CCCNC(=O)CN1CCOCC1CN. The van der Waals surface area contributed by atoms with Crippen LogP contribution in [-0.4, -0.2) is 56.2 Å². The van der Waals surface area contributed by atoms with Gasteiger partial charge in [-0.3, -0.25) is 9.69 Å². The minimum Gasteiger partial charge on any atom is -0.378 e. The van der Waals surface area contributed by atoms with E-state index < -0.39 is 0 Å². The number of hydrogen-bond acceptors (Lipinski definition) is 4. The lowest BCUT2D eigenvalue weighted by Crippen LogP contribution is -2.52. The van der Waals surface area contributed by atoms with Crippen molar-refractivity contribution in [3.63, 3.8) is 0 Å². The molecule has 0 aromatic heterocycles. The molecule has 0 radical (unpaired) electrons. The van der Waals surface area contributed by atoms with Gasteiger partial charge in [0.15, 0.2) is 0 Å². The number of carbonyl (C=O) groups is 1. The summed E-state index contributed by atoms with van der Waals surface area (Å²) in [5.74, 6) is 0.0807. The Kier molecular flexibility index (Phi) is 5.60. The second-order valence-corrected chi connectivity index (χ2v) is 3.78. The molecule has 0 aromatic rings. The lowest BCUT2D eigenvalue weighted by molar-refractivity contribution is -0.124. The largest absolute Gasteiger partial charge is 0.378 e. The Morgan fingerprint density at radius 1 is 1.67 bits per heavy atom. The van der Waals surface area contributed by atoms with Gasteiger partial charge in [0.25, 0.3) is 0 Å². The van der Waals surface area contributed by atoms with Crippen LogP contribution in [0, 0.1) is 0 Å². The summed E-state index contributed by atoms with van der Waals surface area (Å²) in [6.45, 7) is 5.89. The molecule has 0 aliphatic carbocycles. The van der Waals surface area contributed by atoms with E-state index >= 15 is 0 Å². The van der Waals surface area contributed by atoms with Crippen LogP contribution < -0.4 is 11.1 Å². The summed E-state index contributed by atoms with van der Waals surface area (Å²) in [4.78, 5) is 13.6. The van der Waals surface area contributed by atoms with Crippen molar-refractivity contribution in [1.29, 1.82) is 0 Å². The normalized spacial score (nSPS) is 22.7. The Bertz CT molecular complexity index is 199. The van der Waals surface area contributed by atoms with Crippen molar-refractivity contribution in [3.05, 3.63) is 0 Å². The third-order valence-corrected chi connectivity index (χ3v) is 2.54. The van der Waals surface area contributed by atoms with Crippen LogP contribution in [0.5, 0.6) is 0 Å². The first kappa shape index (κ1) is 12.4. The smallest absolute Gasteiger partial charge is 0.234 e. The van der Waals surface area contributed by atoms with Crippen molar-refractivity contribution in [2.45, 2.75) is 19.4 Å². The van der Waals surface area contributed by atoms with E-state index in [1.165, 1.54) is 0 Å². The van der Waals surface area contributed by atoms with Crippen LogP contribution >= 0.6 is 0 Å². The average Bonchev–Trinajstić information content (AvgIpc) is 2.27. The van der Waals surface area contributed by atoms with Gasteiger partial charge in [-0.05, 0) is 6.42 Å². The van der Waals surface area contributed by atoms with Crippen LogP contribution in [0.25, 0.3) is 0 Å². The number of amides is 1. The minimum absolute atomic E-state index is 0.0807. The number of nitrogens with one attached hydrogen (secondary N) is 1. The maximum Gasteiger partial charge on any atom is 0.234 e. The summed E-state index contributed by atoms with van der Waals surface area (Å²) in [6.07, 6.45) is 0.967. The molecule has 0 aromatic carbocycles. The van der Waals surface area contributed by atoms with Crippen molar-refractivity contribution >= 4 is 5.91 Å². The summed E-state index contributed by atoms with van der Waals surface area (Å²) in [6, 6.07) is 0.186. The van der Waals surface area contributed by atoms with Gasteiger partial charge in [0.05, 0.1) is 19.8 Å². The zero-order valence-corrected chi connectivity index (χ0v) is 9.37. The first-order chi connectivity index (χ1) is 7.27. The number of nitrogens with two attached hydrogens (primary N) is 1. The first-order valence-corrected chi connectivity index (χ1v) is 5.56. The van der Waals surface area contributed by atoms with Gasteiger partial charge in [0.1, 0.15) is 0 Å². The number of rotatable bonds is 5. The quantitative estimate of drug-likeness (QED) is 0.628. The number of ether oxygens (including phenoxy) is 1. The maximum atomic E-state index is 11.5. The highest BCUT2D eigenvalue weighted by atomic mass is 16.5. The van der Waals surface area contributed by atoms with Crippen LogP contribution in [0.1, 0.15) is 13.3 Å². The summed E-state index contributed by atoms with van der Waals surface area (Å²) in [7, 11) is 0. The van der Waals surface area contributed by atoms with Gasteiger partial charge in [-0.1, -0.05) is 6.92 Å². The highest BCUT2D eigenvalue weighted by molar-refractivity contribution is 5.78. The molecule has 0 bridgehead atoms. The molecule has 1 unspecified atom stereocenters. The predicted molar refractivity (Wildman–Crippen MR) is 58.5 cm³/mol. The van der Waals surface area contributed by atoms with Crippen LogP contribution in [-0.2, 0) is 9.53 Å². The molecule has 0 saturated carbocycles. The summed E-state index contributed by atoms with van der Waals surface area (Å²) in [5.41, 5.74) is 5.62. The highest BCUT2D eigenvalue weighted by Crippen LogP contribution is 2.04. The van der Waals surface area contributed by atoms with Crippen molar-refractivity contribution in [2.75, 3.05) is 39.4 Å². The van der Waals surface area contributed by atoms with Crippen molar-refractivity contribution in [3.8, 4) is 0 Å². The predicted octanol–water partition coefficient (Wildman–Crippen LogP) is -0.828. The van der Waals surface area contributed by atoms with Gasteiger partial charge in [-0.15, -0.1) is 0 Å². The lowest BCUT2D eigenvalue weighted by Gasteiger charge is -2.34. The molecule has 0 spiro atoms. The molecule has 1 rings (SSSR count). The Balaban J connectivity index is 2.30. The molecular weight excluding hydrogens is 194 g/mol. The molecule has 1 fully saturated rings. The number of carbonyl (C=O) groups excluding carboxylic acids is 1. The van der Waals surface area contributed by atoms with Crippen LogP contribution in [0.3, 0.4) is 0 Å². The van der Waals surface area contributed by atoms with Crippen LogP contribution in [0.2, 0.25) is 0 Å². The van der Waals surface area contributed by atoms with E-state index in [0.29, 0.717) is 26.3 Å². The van der Waals surface area contributed by atoms with Gasteiger partial charge in [0.2, 0.25) is 5.91 Å². The standard InChI is InChI=1S/C10H21N3O2/c1-2-3-12-10(14)7-13-4-5-15-8-9(13)6-11/h9H,2-8,11H2,1H3,(H,12,14). The molecule has 15 heavy (non-hydrogen) atoms. The van der Waals surface area contributed by atoms with Crippen molar-refractivity contribution < 1.29 is 9.53 Å². The van der Waals surface area contributed by atoms with Gasteiger partial charge in [-0.25, -0.2) is 0 Å². The maximum absolute atomic E-state index is 11.5. The lowest BCUT2D eigenvalue weighted by atomic mass is 10.2. The van der Waals surface area contributed by atoms with Crippen LogP contribution in [0.4, 0.5) is 0 Å². The first-order valence-electron chi connectivity index (χ1n) is 5.56. The molecule has 1 atom stereocenters. The molecule has 1 aliphatic rings. The average molecular weight is 215 g/mol. The molecule has 88 valence electrons. The van der Waals surface area contributed by atoms with E-state index in [1.54, 1.807) is 0 Å². The molecular formula is C10H21N3O2. The van der Waals surface area contributed by atoms with E-state index in [2.05, 4.69) is 10.2 Å². The zero-order chi connectivity index (χ0) is 11.1. The Labute approximate surface area is 90.9 Å². The van der Waals surface area contributed by atoms with Gasteiger partial charge >= 0.3 is 0 Å². The monoisotopic (exact) mass is 215 g/mol. The van der Waals surface area contributed by atoms with E-state index in [0.717, 1.165) is 19.5 Å². The Hall–Kier alpha value is -0.650. The molecule has 1 heterocycles. The molecule has 1 amide bonds. The second-order valence-electron chi connectivity index (χ2n) is 3.78. The Morgan fingerprint density at radius 2 is 2.47 bits per heavy atom. The molecule has 5 heteroatoms. The third kappa shape index (κ3) is 4.15.